The molecular formula is C31H42N4O8. The lowest BCUT2D eigenvalue weighted by atomic mass is 10.1. The van der Waals surface area contributed by atoms with Gasteiger partial charge in [0, 0.05) is 45.8 Å². The van der Waals surface area contributed by atoms with E-state index in [1.54, 1.807) is 41.3 Å². The summed E-state index contributed by atoms with van der Waals surface area (Å²) in [6.45, 7) is 8.60. The fourth-order valence-electron chi connectivity index (χ4n) is 4.48. The molecule has 43 heavy (non-hydrogen) atoms. The highest BCUT2D eigenvalue weighted by atomic mass is 16.5. The van der Waals surface area contributed by atoms with Crippen LogP contribution in [-0.4, -0.2) is 112 Å². The van der Waals surface area contributed by atoms with E-state index in [9.17, 15) is 19.2 Å². The quantitative estimate of drug-likeness (QED) is 0.460. The number of hydrogen-bond donors (Lipinski definition) is 1. The molecule has 12 nitrogen and oxygen atoms in total. The lowest BCUT2D eigenvalue weighted by molar-refractivity contribution is 0.0426. The van der Waals surface area contributed by atoms with E-state index in [2.05, 4.69) is 17.0 Å². The maximum absolute atomic E-state index is 12.6. The third-order valence-electron chi connectivity index (χ3n) is 6.91. The Morgan fingerprint density at radius 1 is 0.744 bits per heavy atom. The molecule has 2 heterocycles. The van der Waals surface area contributed by atoms with Crippen molar-refractivity contribution in [3.05, 3.63) is 70.8 Å². The summed E-state index contributed by atoms with van der Waals surface area (Å²) in [6.07, 6.45) is 0.899. The largest absolute Gasteiger partial charge is 0.465 e. The standard InChI is InChI=1S/C17H24N2O4.C14H18N2O4/c1-3-8-19(17(21)18-9-11-23-12-10-18)13-14-4-6-15(7-5-14)16(20)22-2;1-19-13(17)12-4-2-11(3-5-12)10-15-14(18)16-6-8-20-9-7-16/h4-7H,3,8-13H2,1-2H3;2-5H,6-10H2,1H3,(H,15,18). The fraction of sp³-hybridized carbons (Fsp3) is 0.484. The Bertz CT molecular complexity index is 1180. The Hall–Kier alpha value is -4.16. The Labute approximate surface area is 252 Å². The summed E-state index contributed by atoms with van der Waals surface area (Å²) in [6, 6.07) is 14.1. The number of nitrogens with zero attached hydrogens (tertiary/aromatic N) is 3. The maximum atomic E-state index is 12.6. The average molecular weight is 599 g/mol. The van der Waals surface area contributed by atoms with Gasteiger partial charge in [-0.3, -0.25) is 0 Å². The van der Waals surface area contributed by atoms with Crippen LogP contribution in [0, 0.1) is 0 Å². The first kappa shape index (κ1) is 33.3. The van der Waals surface area contributed by atoms with E-state index >= 15 is 0 Å². The smallest absolute Gasteiger partial charge is 0.337 e. The molecule has 0 radical (unpaired) electrons. The second-order valence-electron chi connectivity index (χ2n) is 9.94. The number of rotatable bonds is 8. The number of nitrogens with one attached hydrogen (secondary N) is 1. The number of urea groups is 2. The fourth-order valence-corrected chi connectivity index (χ4v) is 4.48. The number of esters is 2. The van der Waals surface area contributed by atoms with Crippen LogP contribution in [0.15, 0.2) is 48.5 Å². The van der Waals surface area contributed by atoms with Crippen LogP contribution in [0.4, 0.5) is 9.59 Å². The van der Waals surface area contributed by atoms with Crippen molar-refractivity contribution in [1.82, 2.24) is 20.0 Å². The van der Waals surface area contributed by atoms with Crippen LogP contribution < -0.4 is 5.32 Å². The van der Waals surface area contributed by atoms with E-state index in [1.165, 1.54) is 14.2 Å². The summed E-state index contributed by atoms with van der Waals surface area (Å²) in [7, 11) is 2.71. The number of carbonyl (C=O) groups excluding carboxylic acids is 4. The molecule has 234 valence electrons. The van der Waals surface area contributed by atoms with Crippen molar-refractivity contribution in [3.63, 3.8) is 0 Å². The van der Waals surface area contributed by atoms with Crippen LogP contribution in [0.3, 0.4) is 0 Å². The highest BCUT2D eigenvalue weighted by Crippen LogP contribution is 2.12. The van der Waals surface area contributed by atoms with Gasteiger partial charge in [-0.15, -0.1) is 0 Å². The molecule has 2 aliphatic rings. The first-order valence-corrected chi connectivity index (χ1v) is 14.4. The van der Waals surface area contributed by atoms with Crippen molar-refractivity contribution in [1.29, 1.82) is 0 Å². The molecule has 0 bridgehead atoms. The zero-order valence-electron chi connectivity index (χ0n) is 25.2. The zero-order valence-corrected chi connectivity index (χ0v) is 25.2. The predicted molar refractivity (Wildman–Crippen MR) is 159 cm³/mol. The van der Waals surface area contributed by atoms with Crippen LogP contribution >= 0.6 is 0 Å². The van der Waals surface area contributed by atoms with Gasteiger partial charge in [-0.2, -0.15) is 0 Å². The molecule has 4 rings (SSSR count). The second-order valence-corrected chi connectivity index (χ2v) is 9.94. The van der Waals surface area contributed by atoms with Crippen molar-refractivity contribution in [2.24, 2.45) is 0 Å². The van der Waals surface area contributed by atoms with Gasteiger partial charge in [-0.05, 0) is 41.8 Å². The van der Waals surface area contributed by atoms with E-state index in [0.717, 1.165) is 17.5 Å². The Morgan fingerprint density at radius 2 is 1.21 bits per heavy atom. The first-order chi connectivity index (χ1) is 20.9. The van der Waals surface area contributed by atoms with E-state index in [1.807, 2.05) is 21.9 Å². The number of amides is 4. The molecule has 2 fully saturated rings. The SMILES string of the molecule is CCCN(Cc1ccc(C(=O)OC)cc1)C(=O)N1CCOCC1.COC(=O)c1ccc(CNC(=O)N2CCOCC2)cc1. The molecule has 0 aromatic heterocycles. The normalized spacial score (nSPS) is 14.6. The maximum Gasteiger partial charge on any atom is 0.337 e. The number of ether oxygens (including phenoxy) is 4. The van der Waals surface area contributed by atoms with Crippen LogP contribution in [0.25, 0.3) is 0 Å². The van der Waals surface area contributed by atoms with Crippen molar-refractivity contribution in [3.8, 4) is 0 Å². The van der Waals surface area contributed by atoms with Gasteiger partial charge in [-0.25, -0.2) is 19.2 Å². The average Bonchev–Trinajstić information content (AvgIpc) is 3.07. The van der Waals surface area contributed by atoms with Gasteiger partial charge in [0.05, 0.1) is 51.8 Å². The third-order valence-corrected chi connectivity index (χ3v) is 6.91. The van der Waals surface area contributed by atoms with Gasteiger partial charge in [0.1, 0.15) is 0 Å². The summed E-state index contributed by atoms with van der Waals surface area (Å²) in [4.78, 5) is 52.7. The lowest BCUT2D eigenvalue weighted by Crippen LogP contribution is -2.48. The van der Waals surface area contributed by atoms with Crippen LogP contribution in [-0.2, 0) is 32.0 Å². The van der Waals surface area contributed by atoms with Gasteiger partial charge < -0.3 is 39.0 Å². The summed E-state index contributed by atoms with van der Waals surface area (Å²) in [5.41, 5.74) is 2.93. The molecule has 2 aliphatic heterocycles. The second kappa shape index (κ2) is 17.7. The minimum absolute atomic E-state index is 0.0483. The molecule has 2 aromatic carbocycles. The van der Waals surface area contributed by atoms with Gasteiger partial charge in [-0.1, -0.05) is 31.2 Å². The topological polar surface area (TPSA) is 127 Å². The van der Waals surface area contributed by atoms with Crippen LogP contribution in [0.1, 0.15) is 45.2 Å². The lowest BCUT2D eigenvalue weighted by Gasteiger charge is -2.33. The Balaban J connectivity index is 0.000000238. The Kier molecular flexibility index (Phi) is 13.7. The minimum atomic E-state index is -0.367. The van der Waals surface area contributed by atoms with Crippen LogP contribution in [0.5, 0.6) is 0 Å². The van der Waals surface area contributed by atoms with E-state index in [4.69, 9.17) is 14.2 Å². The monoisotopic (exact) mass is 598 g/mol. The molecule has 1 N–H and O–H groups in total. The molecule has 0 atom stereocenters. The van der Waals surface area contributed by atoms with Gasteiger partial charge in [0.15, 0.2) is 0 Å². The molecule has 0 spiro atoms. The highest BCUT2D eigenvalue weighted by Gasteiger charge is 2.22. The van der Waals surface area contributed by atoms with Gasteiger partial charge in [0.25, 0.3) is 0 Å². The number of carbonyl (C=O) groups is 4. The minimum Gasteiger partial charge on any atom is -0.465 e. The van der Waals surface area contributed by atoms with Gasteiger partial charge >= 0.3 is 24.0 Å². The first-order valence-electron chi connectivity index (χ1n) is 14.4. The molecule has 12 heteroatoms. The molecule has 4 amide bonds. The summed E-state index contributed by atoms with van der Waals surface area (Å²) < 4.78 is 19.8. The predicted octanol–water partition coefficient (Wildman–Crippen LogP) is 3.15. The Morgan fingerprint density at radius 3 is 1.67 bits per heavy atom. The van der Waals surface area contributed by atoms with Crippen molar-refractivity contribution >= 4 is 24.0 Å². The molecule has 0 saturated carbocycles. The van der Waals surface area contributed by atoms with E-state index in [-0.39, 0.29) is 24.0 Å². The number of hydrogen-bond acceptors (Lipinski definition) is 8. The van der Waals surface area contributed by atoms with Crippen molar-refractivity contribution < 1.29 is 38.1 Å². The summed E-state index contributed by atoms with van der Waals surface area (Å²) >= 11 is 0. The molecular weight excluding hydrogens is 556 g/mol. The summed E-state index contributed by atoms with van der Waals surface area (Å²) in [5.74, 6) is -0.722. The molecule has 2 saturated heterocycles. The third kappa shape index (κ3) is 10.6. The van der Waals surface area contributed by atoms with Gasteiger partial charge in [0.2, 0.25) is 0 Å². The van der Waals surface area contributed by atoms with Crippen molar-refractivity contribution in [2.75, 3.05) is 73.4 Å². The zero-order chi connectivity index (χ0) is 31.0. The van der Waals surface area contributed by atoms with Crippen molar-refractivity contribution in [2.45, 2.75) is 26.4 Å². The highest BCUT2D eigenvalue weighted by molar-refractivity contribution is 5.89. The molecule has 0 unspecified atom stereocenters. The number of benzene rings is 2. The number of morpholine rings is 2. The van der Waals surface area contributed by atoms with E-state index in [0.29, 0.717) is 83.4 Å². The van der Waals surface area contributed by atoms with Crippen LogP contribution in [0.2, 0.25) is 0 Å². The molecule has 2 aromatic rings. The number of methoxy groups -OCH3 is 2. The van der Waals surface area contributed by atoms with E-state index < -0.39 is 0 Å². The summed E-state index contributed by atoms with van der Waals surface area (Å²) in [5, 5.41) is 2.85. The molecule has 0 aliphatic carbocycles.